The van der Waals surface area contributed by atoms with Crippen LogP contribution in [0.5, 0.6) is 0 Å². The lowest BCUT2D eigenvalue weighted by Gasteiger charge is -1.99. The van der Waals surface area contributed by atoms with Crippen molar-refractivity contribution in [2.45, 2.75) is 45.6 Å². The predicted octanol–water partition coefficient (Wildman–Crippen LogP) is 1.30. The van der Waals surface area contributed by atoms with Gasteiger partial charge in [0, 0.05) is 18.9 Å². The minimum Gasteiger partial charge on any atom is -0.339 e. The zero-order chi connectivity index (χ0) is 9.68. The van der Waals surface area contributed by atoms with Crippen LogP contribution >= 0.6 is 0 Å². The highest BCUT2D eigenvalue weighted by Gasteiger charge is 2.05. The Morgan fingerprint density at radius 2 is 2.23 bits per heavy atom. The highest BCUT2D eigenvalue weighted by molar-refractivity contribution is 4.86. The van der Waals surface area contributed by atoms with Gasteiger partial charge in [0.15, 0.2) is 5.82 Å². The molecule has 1 rings (SSSR count). The highest BCUT2D eigenvalue weighted by Crippen LogP contribution is 2.03. The monoisotopic (exact) mass is 183 g/mol. The van der Waals surface area contributed by atoms with E-state index in [-0.39, 0.29) is 6.04 Å². The van der Waals surface area contributed by atoms with Crippen molar-refractivity contribution in [1.82, 2.24) is 10.1 Å². The van der Waals surface area contributed by atoms with Crippen LogP contribution in [0.2, 0.25) is 0 Å². The van der Waals surface area contributed by atoms with E-state index in [4.69, 9.17) is 10.3 Å². The van der Waals surface area contributed by atoms with E-state index in [1.165, 1.54) is 0 Å². The summed E-state index contributed by atoms with van der Waals surface area (Å²) in [5, 5.41) is 3.86. The molecule has 0 bridgehead atoms. The van der Waals surface area contributed by atoms with Crippen LogP contribution in [0.4, 0.5) is 0 Å². The molecule has 1 atom stereocenters. The second kappa shape index (κ2) is 4.97. The maximum atomic E-state index is 5.62. The van der Waals surface area contributed by atoms with Gasteiger partial charge < -0.3 is 10.3 Å². The molecule has 1 heterocycles. The Morgan fingerprint density at radius 1 is 1.46 bits per heavy atom. The Hall–Kier alpha value is -0.900. The van der Waals surface area contributed by atoms with E-state index in [1.54, 1.807) is 0 Å². The van der Waals surface area contributed by atoms with Crippen LogP contribution in [0, 0.1) is 0 Å². The van der Waals surface area contributed by atoms with Crippen molar-refractivity contribution in [1.29, 1.82) is 0 Å². The molecule has 0 amide bonds. The lowest BCUT2D eigenvalue weighted by molar-refractivity contribution is 0.367. The third-order valence-corrected chi connectivity index (χ3v) is 1.80. The van der Waals surface area contributed by atoms with Crippen LogP contribution < -0.4 is 5.73 Å². The van der Waals surface area contributed by atoms with Crippen molar-refractivity contribution in [3.05, 3.63) is 11.7 Å². The van der Waals surface area contributed by atoms with Crippen molar-refractivity contribution in [3.8, 4) is 0 Å². The topological polar surface area (TPSA) is 64.9 Å². The third-order valence-electron chi connectivity index (χ3n) is 1.80. The number of aryl methyl sites for hydroxylation is 2. The van der Waals surface area contributed by atoms with Crippen molar-refractivity contribution in [2.24, 2.45) is 5.73 Å². The van der Waals surface area contributed by atoms with Gasteiger partial charge in [0.25, 0.3) is 0 Å². The van der Waals surface area contributed by atoms with E-state index < -0.39 is 0 Å². The number of aromatic nitrogens is 2. The van der Waals surface area contributed by atoms with E-state index in [0.717, 1.165) is 31.5 Å². The van der Waals surface area contributed by atoms with Crippen molar-refractivity contribution < 1.29 is 4.52 Å². The summed E-state index contributed by atoms with van der Waals surface area (Å²) in [6.07, 6.45) is 3.62. The summed E-state index contributed by atoms with van der Waals surface area (Å²) in [4.78, 5) is 4.24. The second-order valence-electron chi connectivity index (χ2n) is 3.37. The molecule has 4 heteroatoms. The zero-order valence-corrected chi connectivity index (χ0v) is 8.29. The fraction of sp³-hybridized carbons (Fsp3) is 0.778. The molecule has 1 aromatic heterocycles. The van der Waals surface area contributed by atoms with Crippen molar-refractivity contribution in [2.75, 3.05) is 0 Å². The average Bonchev–Trinajstić information content (AvgIpc) is 2.50. The summed E-state index contributed by atoms with van der Waals surface area (Å²) < 4.78 is 5.05. The molecule has 0 spiro atoms. The van der Waals surface area contributed by atoms with Crippen LogP contribution in [-0.4, -0.2) is 16.2 Å². The quantitative estimate of drug-likeness (QED) is 0.747. The fourth-order valence-corrected chi connectivity index (χ4v) is 1.07. The van der Waals surface area contributed by atoms with Crippen molar-refractivity contribution >= 4 is 0 Å². The Kier molecular flexibility index (Phi) is 3.89. The van der Waals surface area contributed by atoms with Crippen LogP contribution in [-0.2, 0) is 12.8 Å². The smallest absolute Gasteiger partial charge is 0.226 e. The molecule has 1 unspecified atom stereocenters. The van der Waals surface area contributed by atoms with Gasteiger partial charge in [-0.25, -0.2) is 0 Å². The van der Waals surface area contributed by atoms with Gasteiger partial charge in [0.1, 0.15) is 0 Å². The van der Waals surface area contributed by atoms with Gasteiger partial charge in [-0.3, -0.25) is 0 Å². The van der Waals surface area contributed by atoms with Gasteiger partial charge in [-0.1, -0.05) is 12.1 Å². The number of hydrogen-bond acceptors (Lipinski definition) is 4. The lowest BCUT2D eigenvalue weighted by atomic mass is 10.2. The first-order chi connectivity index (χ1) is 6.22. The van der Waals surface area contributed by atoms with Gasteiger partial charge >= 0.3 is 0 Å². The van der Waals surface area contributed by atoms with E-state index >= 15 is 0 Å². The standard InChI is InChI=1S/C9H17N3O/c1-3-4-8-11-9(13-12-8)6-5-7(2)10/h7H,3-6,10H2,1-2H3. The molecule has 13 heavy (non-hydrogen) atoms. The van der Waals surface area contributed by atoms with Crippen LogP contribution in [0.1, 0.15) is 38.4 Å². The Labute approximate surface area is 78.5 Å². The first-order valence-corrected chi connectivity index (χ1v) is 4.79. The number of hydrogen-bond donors (Lipinski definition) is 1. The summed E-state index contributed by atoms with van der Waals surface area (Å²) in [7, 11) is 0. The molecule has 74 valence electrons. The fourth-order valence-electron chi connectivity index (χ4n) is 1.07. The Balaban J connectivity index is 2.39. The van der Waals surface area contributed by atoms with E-state index in [2.05, 4.69) is 17.1 Å². The van der Waals surface area contributed by atoms with Gasteiger partial charge in [0.2, 0.25) is 5.89 Å². The molecule has 0 aromatic carbocycles. The molecule has 0 radical (unpaired) electrons. The first-order valence-electron chi connectivity index (χ1n) is 4.79. The third kappa shape index (κ3) is 3.55. The molecule has 4 nitrogen and oxygen atoms in total. The van der Waals surface area contributed by atoms with Gasteiger partial charge in [0.05, 0.1) is 0 Å². The summed E-state index contributed by atoms with van der Waals surface area (Å²) >= 11 is 0. The molecule has 2 N–H and O–H groups in total. The number of nitrogens with zero attached hydrogens (tertiary/aromatic N) is 2. The van der Waals surface area contributed by atoms with E-state index in [1.807, 2.05) is 6.92 Å². The molecule has 0 fully saturated rings. The normalized spacial score (nSPS) is 13.2. The van der Waals surface area contributed by atoms with E-state index in [0.29, 0.717) is 5.89 Å². The highest BCUT2D eigenvalue weighted by atomic mass is 16.5. The summed E-state index contributed by atoms with van der Waals surface area (Å²) in [6, 6.07) is 0.196. The largest absolute Gasteiger partial charge is 0.339 e. The zero-order valence-electron chi connectivity index (χ0n) is 8.29. The van der Waals surface area contributed by atoms with Gasteiger partial charge in [-0.2, -0.15) is 4.98 Å². The minimum atomic E-state index is 0.196. The number of nitrogens with two attached hydrogens (primary N) is 1. The molecule has 0 saturated carbocycles. The first kappa shape index (κ1) is 10.2. The maximum Gasteiger partial charge on any atom is 0.226 e. The van der Waals surface area contributed by atoms with Crippen LogP contribution in [0.15, 0.2) is 4.52 Å². The lowest BCUT2D eigenvalue weighted by Crippen LogP contribution is -2.15. The predicted molar refractivity (Wildman–Crippen MR) is 50.3 cm³/mol. The summed E-state index contributed by atoms with van der Waals surface area (Å²) in [6.45, 7) is 4.07. The Morgan fingerprint density at radius 3 is 2.85 bits per heavy atom. The molecule has 0 saturated heterocycles. The Bertz CT molecular complexity index is 245. The van der Waals surface area contributed by atoms with Crippen LogP contribution in [0.25, 0.3) is 0 Å². The van der Waals surface area contributed by atoms with Gasteiger partial charge in [-0.05, 0) is 19.8 Å². The molecule has 0 aliphatic heterocycles. The molecular weight excluding hydrogens is 166 g/mol. The number of rotatable bonds is 5. The maximum absolute atomic E-state index is 5.62. The minimum absolute atomic E-state index is 0.196. The summed E-state index contributed by atoms with van der Waals surface area (Å²) in [5.41, 5.74) is 5.62. The molecule has 0 aliphatic carbocycles. The second-order valence-corrected chi connectivity index (χ2v) is 3.37. The SMILES string of the molecule is CCCc1noc(CCC(C)N)n1. The van der Waals surface area contributed by atoms with Crippen LogP contribution in [0.3, 0.4) is 0 Å². The average molecular weight is 183 g/mol. The van der Waals surface area contributed by atoms with Crippen molar-refractivity contribution in [3.63, 3.8) is 0 Å². The van der Waals surface area contributed by atoms with E-state index in [9.17, 15) is 0 Å². The van der Waals surface area contributed by atoms with Gasteiger partial charge in [-0.15, -0.1) is 0 Å². The summed E-state index contributed by atoms with van der Waals surface area (Å²) in [5.74, 6) is 1.52. The molecule has 0 aliphatic rings. The molecular formula is C9H17N3O. The molecule has 1 aromatic rings.